The first-order valence-corrected chi connectivity index (χ1v) is 23.5. The Bertz CT molecular complexity index is 2690. The highest BCUT2D eigenvalue weighted by Gasteiger charge is 2.42. The minimum absolute atomic E-state index is 0.0112. The smallest absolute Gasteiger partial charge is 0.329 e. The van der Waals surface area contributed by atoms with Crippen LogP contribution in [0.2, 0.25) is 0 Å². The number of amides is 3. The average molecular weight is 895 g/mol. The Morgan fingerprint density at radius 1 is 0.969 bits per heavy atom. The van der Waals surface area contributed by atoms with Gasteiger partial charge in [0.1, 0.15) is 17.4 Å². The van der Waals surface area contributed by atoms with Crippen molar-refractivity contribution in [1.29, 1.82) is 0 Å². The number of nitrogens with zero attached hydrogens (tertiary/aromatic N) is 10. The number of morpholine rings is 1. The number of imidazole rings is 1. The maximum atomic E-state index is 14.4. The maximum absolute atomic E-state index is 14.4. The van der Waals surface area contributed by atoms with Gasteiger partial charge in [-0.2, -0.15) is 10.2 Å². The summed E-state index contributed by atoms with van der Waals surface area (Å²) in [7, 11) is 1.76. The molecule has 5 saturated heterocycles. The highest BCUT2D eigenvalue weighted by atomic mass is 19.3. The van der Waals surface area contributed by atoms with Gasteiger partial charge < -0.3 is 19.9 Å². The van der Waals surface area contributed by atoms with Crippen LogP contribution in [0.5, 0.6) is 0 Å². The van der Waals surface area contributed by atoms with Gasteiger partial charge in [0.15, 0.2) is 11.3 Å². The highest BCUT2D eigenvalue weighted by molar-refractivity contribution is 6.08. The summed E-state index contributed by atoms with van der Waals surface area (Å²) >= 11 is 0. The van der Waals surface area contributed by atoms with Crippen molar-refractivity contribution in [2.75, 3.05) is 49.5 Å². The van der Waals surface area contributed by atoms with Gasteiger partial charge in [0.2, 0.25) is 11.8 Å². The van der Waals surface area contributed by atoms with E-state index in [9.17, 15) is 28.0 Å². The van der Waals surface area contributed by atoms with Crippen molar-refractivity contribution < 1.29 is 27.9 Å². The quantitative estimate of drug-likeness (QED) is 0.125. The van der Waals surface area contributed by atoms with E-state index in [1.165, 1.54) is 23.6 Å². The zero-order valence-corrected chi connectivity index (χ0v) is 36.7. The van der Waals surface area contributed by atoms with Crippen molar-refractivity contribution in [2.45, 2.75) is 120 Å². The normalized spacial score (nSPS) is 27.2. The van der Waals surface area contributed by atoms with Gasteiger partial charge >= 0.3 is 5.69 Å². The predicted octanol–water partition coefficient (Wildman–Crippen LogP) is 4.63. The number of carbonyl (C=O) groups excluding carboxylic acids is 3. The molecule has 4 bridgehead atoms. The summed E-state index contributed by atoms with van der Waals surface area (Å²) in [6.07, 6.45) is 12.5. The molecule has 1 saturated carbocycles. The van der Waals surface area contributed by atoms with E-state index in [-0.39, 0.29) is 47.5 Å². The van der Waals surface area contributed by atoms with Crippen LogP contribution in [0.1, 0.15) is 111 Å². The number of hydrogen-bond acceptors (Lipinski definition) is 11. The Balaban J connectivity index is 0.666. The molecule has 344 valence electrons. The molecule has 3 amide bonds. The van der Waals surface area contributed by atoms with Crippen molar-refractivity contribution in [3.63, 3.8) is 0 Å². The van der Waals surface area contributed by atoms with Crippen LogP contribution in [0.15, 0.2) is 47.7 Å². The number of alkyl halides is 2. The van der Waals surface area contributed by atoms with Crippen LogP contribution in [0, 0.1) is 5.92 Å². The average Bonchev–Trinajstić information content (AvgIpc) is 4.17. The molecule has 0 radical (unpaired) electrons. The number of likely N-dealkylation sites (tertiary alicyclic amines) is 1. The topological polar surface area (TPSA) is 169 Å². The Morgan fingerprint density at radius 3 is 2.51 bits per heavy atom. The molecule has 9 heterocycles. The highest BCUT2D eigenvalue weighted by Crippen LogP contribution is 2.39. The molecule has 17 nitrogen and oxygen atoms in total. The lowest BCUT2D eigenvalue weighted by Crippen LogP contribution is -2.55. The maximum Gasteiger partial charge on any atom is 0.329 e. The molecule has 19 heteroatoms. The zero-order chi connectivity index (χ0) is 44.5. The second kappa shape index (κ2) is 17.0. The van der Waals surface area contributed by atoms with E-state index in [1.807, 2.05) is 18.2 Å². The molecular formula is C46H56F2N12O5. The van der Waals surface area contributed by atoms with E-state index in [2.05, 4.69) is 41.6 Å². The Morgan fingerprint density at radius 2 is 1.77 bits per heavy atom. The van der Waals surface area contributed by atoms with Crippen molar-refractivity contribution in [1.82, 2.24) is 48.6 Å². The number of nitrogens with one attached hydrogen (secondary N) is 2. The van der Waals surface area contributed by atoms with Crippen LogP contribution >= 0.6 is 0 Å². The number of ether oxygens (including phenoxy) is 1. The van der Waals surface area contributed by atoms with E-state index in [1.54, 1.807) is 33.3 Å². The molecule has 6 aliphatic rings. The number of halogens is 2. The van der Waals surface area contributed by atoms with Crippen LogP contribution in [0.25, 0.3) is 16.7 Å². The molecule has 65 heavy (non-hydrogen) atoms. The number of anilines is 2. The molecule has 2 N–H and O–H groups in total. The van der Waals surface area contributed by atoms with Crippen LogP contribution in [0.3, 0.4) is 0 Å². The number of carbonyl (C=O) groups is 3. The van der Waals surface area contributed by atoms with Gasteiger partial charge in [-0.05, 0) is 101 Å². The van der Waals surface area contributed by atoms with E-state index in [4.69, 9.17) is 9.72 Å². The van der Waals surface area contributed by atoms with E-state index < -0.39 is 30.0 Å². The summed E-state index contributed by atoms with van der Waals surface area (Å²) in [6.45, 7) is 5.59. The van der Waals surface area contributed by atoms with Crippen molar-refractivity contribution in [3.8, 4) is 0 Å². The number of aromatic nitrogens is 7. The predicted molar refractivity (Wildman–Crippen MR) is 236 cm³/mol. The largest absolute Gasteiger partial charge is 0.374 e. The fourth-order valence-electron chi connectivity index (χ4n) is 11.9. The molecule has 1 aliphatic carbocycles. The molecule has 1 aromatic carbocycles. The summed E-state index contributed by atoms with van der Waals surface area (Å²) in [4.78, 5) is 63.7. The molecule has 0 spiro atoms. The van der Waals surface area contributed by atoms with Gasteiger partial charge in [0.25, 0.3) is 12.3 Å². The summed E-state index contributed by atoms with van der Waals surface area (Å²) in [5.41, 5.74) is 2.58. The number of para-hydroxylation sites is 1. The molecule has 4 aromatic heterocycles. The van der Waals surface area contributed by atoms with Gasteiger partial charge in [0, 0.05) is 64.1 Å². The first-order chi connectivity index (χ1) is 31.6. The van der Waals surface area contributed by atoms with Crippen LogP contribution in [-0.4, -0.2) is 125 Å². The van der Waals surface area contributed by atoms with E-state index >= 15 is 0 Å². The molecule has 6 fully saturated rings. The van der Waals surface area contributed by atoms with Gasteiger partial charge in [-0.1, -0.05) is 12.1 Å². The molecular weight excluding hydrogens is 839 g/mol. The lowest BCUT2D eigenvalue weighted by atomic mass is 9.85. The van der Waals surface area contributed by atoms with E-state index in [0.29, 0.717) is 36.7 Å². The molecule has 11 rings (SSSR count). The minimum atomic E-state index is -2.85. The first kappa shape index (κ1) is 42.1. The lowest BCUT2D eigenvalue weighted by molar-refractivity contribution is -0.135. The Kier molecular flexibility index (Phi) is 11.0. The standard InChI is InChI=1S/C46H56F2N12O5/c1-54-41-28(6-4-7-36(41)60(46(54)64)37-14-15-39(61)52-45(37)63)5-2-3-17-55-22-30-12-13-31(23-55)56(30)21-27-8-10-29(11-9-27)59-25-35(40(53-59)42(47)48)50-44(62)34-20-49-58-18-16-38(51-43(34)58)57-24-33-19-32(57)26-65-33/h4,6-7,16,18,20,25,27,29-33,37,42H,2-3,5,8-15,17,19,21-24,26H2,1H3,(H,50,62)(H,52,61,63)/t27-,29-,30-,31+,32-,33-,37?/m1/s1. The van der Waals surface area contributed by atoms with Crippen molar-refractivity contribution >= 4 is 45.9 Å². The van der Waals surface area contributed by atoms with Gasteiger partial charge in [-0.25, -0.2) is 23.1 Å². The second-order valence-corrected chi connectivity index (χ2v) is 19.2. The third-order valence-electron chi connectivity index (χ3n) is 15.3. The van der Waals surface area contributed by atoms with Crippen LogP contribution < -0.4 is 21.2 Å². The molecule has 5 aliphatic heterocycles. The fourth-order valence-corrected chi connectivity index (χ4v) is 11.9. The number of fused-ring (bicyclic) bond motifs is 6. The van der Waals surface area contributed by atoms with Gasteiger partial charge in [0.05, 0.1) is 47.7 Å². The number of piperazine rings is 1. The molecule has 1 unspecified atom stereocenters. The number of unbranched alkanes of at least 4 members (excludes halogenated alkanes) is 1. The SMILES string of the molecule is Cn1c(=O)n(C2CCC(=O)NC2=O)c2cccc(CCCCN3C[C@H]4CC[C@@H](C3)N4C[C@H]3CC[C@H](n4cc(NC(=O)c5cnn6ccc(N7C[C@H]8C[C@@H]7CO8)nc56)c(C(F)F)n4)CC3)c21. The van der Waals surface area contributed by atoms with Crippen molar-refractivity contribution in [3.05, 3.63) is 70.2 Å². The monoisotopic (exact) mass is 894 g/mol. The fraction of sp³-hybridized carbons (Fsp3) is 0.587. The van der Waals surface area contributed by atoms with Gasteiger partial charge in [-0.15, -0.1) is 0 Å². The summed E-state index contributed by atoms with van der Waals surface area (Å²) in [5, 5.41) is 13.7. The molecule has 5 aromatic rings. The summed E-state index contributed by atoms with van der Waals surface area (Å²) in [6, 6.07) is 8.39. The van der Waals surface area contributed by atoms with E-state index in [0.717, 1.165) is 107 Å². The zero-order valence-electron chi connectivity index (χ0n) is 36.7. The number of hydrogen-bond donors (Lipinski definition) is 2. The van der Waals surface area contributed by atoms with Crippen LogP contribution in [0.4, 0.5) is 20.3 Å². The van der Waals surface area contributed by atoms with Crippen molar-refractivity contribution in [2.24, 2.45) is 13.0 Å². The number of piperidine rings is 1. The number of rotatable bonds is 13. The minimum Gasteiger partial charge on any atom is -0.374 e. The number of benzene rings is 1. The third-order valence-corrected chi connectivity index (χ3v) is 15.3. The summed E-state index contributed by atoms with van der Waals surface area (Å²) in [5.74, 6) is -0.00797. The second-order valence-electron chi connectivity index (χ2n) is 19.2. The third kappa shape index (κ3) is 7.81. The van der Waals surface area contributed by atoms with Crippen LogP contribution in [-0.2, 0) is 27.8 Å². The van der Waals surface area contributed by atoms with Gasteiger partial charge in [-0.3, -0.25) is 38.4 Å². The first-order valence-electron chi connectivity index (χ1n) is 23.5. The Hall–Kier alpha value is -5.53. The lowest BCUT2D eigenvalue weighted by Gasteiger charge is -2.43. The Labute approximate surface area is 374 Å². The number of imide groups is 1. The summed E-state index contributed by atoms with van der Waals surface area (Å²) < 4.78 is 40.9. The number of aryl methyl sites for hydroxylation is 2. The molecule has 5 atom stereocenters.